The van der Waals surface area contributed by atoms with E-state index in [0.717, 1.165) is 32.2 Å². The number of nitrogens with zero attached hydrogens (tertiary/aromatic N) is 2. The molecule has 2 atom stereocenters. The van der Waals surface area contributed by atoms with Gasteiger partial charge in [-0.3, -0.25) is 4.79 Å². The average Bonchev–Trinajstić information content (AvgIpc) is 3.19. The van der Waals surface area contributed by atoms with E-state index >= 15 is 0 Å². The maximum atomic E-state index is 12.6. The highest BCUT2D eigenvalue weighted by Crippen LogP contribution is 2.27. The van der Waals surface area contributed by atoms with E-state index < -0.39 is 6.10 Å². The van der Waals surface area contributed by atoms with Gasteiger partial charge >= 0.3 is 0 Å². The van der Waals surface area contributed by atoms with E-state index in [-0.39, 0.29) is 18.4 Å². The lowest BCUT2D eigenvalue weighted by Gasteiger charge is -2.31. The Bertz CT molecular complexity index is 594. The number of hydrogen-bond donors (Lipinski definition) is 1. The number of carbonyl (C=O) groups is 1. The summed E-state index contributed by atoms with van der Waals surface area (Å²) in [4.78, 5) is 14.5. The Hall–Kier alpha value is -2.08. The molecule has 1 aliphatic heterocycles. The van der Waals surface area contributed by atoms with Gasteiger partial charge < -0.3 is 18.9 Å². The third kappa shape index (κ3) is 4.01. The maximum absolute atomic E-state index is 12.6. The third-order valence-electron chi connectivity index (χ3n) is 4.39. The minimum absolute atomic E-state index is 0.0250. The van der Waals surface area contributed by atoms with Crippen LogP contribution in [0.4, 0.5) is 0 Å². The van der Waals surface area contributed by atoms with Crippen LogP contribution in [0.25, 0.3) is 0 Å². The van der Waals surface area contributed by atoms with Gasteiger partial charge in [-0.2, -0.15) is 0 Å². The highest BCUT2D eigenvalue weighted by Gasteiger charge is 2.28. The van der Waals surface area contributed by atoms with E-state index in [9.17, 15) is 9.90 Å². The van der Waals surface area contributed by atoms with Crippen LogP contribution in [0.3, 0.4) is 0 Å². The number of carbonyl (C=O) groups excluding carboxylic acids is 1. The zero-order valence-electron chi connectivity index (χ0n) is 13.1. The lowest BCUT2D eigenvalue weighted by atomic mass is 10.0. The number of amides is 1. The van der Waals surface area contributed by atoms with Crippen molar-refractivity contribution < 1.29 is 18.8 Å². The largest absolute Gasteiger partial charge is 0.467 e. The van der Waals surface area contributed by atoms with Crippen LogP contribution in [0.2, 0.25) is 0 Å². The number of likely N-dealkylation sites (tertiary alicyclic amines) is 1. The summed E-state index contributed by atoms with van der Waals surface area (Å²) in [7, 11) is 0. The quantitative estimate of drug-likeness (QED) is 0.917. The summed E-state index contributed by atoms with van der Waals surface area (Å²) in [5.74, 6) is 0.593. The number of hydrogen-bond acceptors (Lipinski definition) is 5. The lowest BCUT2D eigenvalue weighted by Crippen LogP contribution is -2.41. The van der Waals surface area contributed by atoms with Crippen molar-refractivity contribution in [1.29, 1.82) is 0 Å². The zero-order chi connectivity index (χ0) is 16.1. The molecule has 1 saturated heterocycles. The third-order valence-corrected chi connectivity index (χ3v) is 4.39. The molecule has 0 bridgehead atoms. The van der Waals surface area contributed by atoms with Gasteiger partial charge in [-0.1, -0.05) is 18.0 Å². The molecular formula is C17H22N2O4. The molecule has 1 fully saturated rings. The zero-order valence-corrected chi connectivity index (χ0v) is 13.1. The van der Waals surface area contributed by atoms with Crippen LogP contribution < -0.4 is 0 Å². The summed E-state index contributed by atoms with van der Waals surface area (Å²) >= 11 is 0. The second-order valence-electron chi connectivity index (χ2n) is 6.02. The minimum Gasteiger partial charge on any atom is -0.467 e. The number of aromatic nitrogens is 1. The van der Waals surface area contributed by atoms with E-state index in [2.05, 4.69) is 5.16 Å². The number of aliphatic hydroxyl groups excluding tert-OH is 1. The number of furan rings is 1. The standard InChI is InChI=1S/C17H22N2O4/c20-15(16-6-4-9-22-16)12-14-5-2-1-3-8-19(14)17(21)11-13-7-10-23-18-13/h4,6-7,9-10,14-15,20H,1-3,5,8,11-12H2/t14-,15+/m1/s1. The summed E-state index contributed by atoms with van der Waals surface area (Å²) in [5.41, 5.74) is 0.643. The second kappa shape index (κ2) is 7.46. The smallest absolute Gasteiger partial charge is 0.228 e. The van der Waals surface area contributed by atoms with Crippen molar-refractivity contribution in [3.8, 4) is 0 Å². The molecule has 124 valence electrons. The van der Waals surface area contributed by atoms with Crippen molar-refractivity contribution >= 4 is 5.91 Å². The molecule has 2 aromatic heterocycles. The van der Waals surface area contributed by atoms with Gasteiger partial charge in [0, 0.05) is 25.1 Å². The first-order chi connectivity index (χ1) is 11.2. The summed E-state index contributed by atoms with van der Waals surface area (Å²) in [6.07, 6.45) is 7.17. The van der Waals surface area contributed by atoms with Crippen LogP contribution in [-0.2, 0) is 11.2 Å². The molecule has 0 spiro atoms. The molecule has 0 saturated carbocycles. The summed E-state index contributed by atoms with van der Waals surface area (Å²) in [6, 6.07) is 5.27. The van der Waals surface area contributed by atoms with Gasteiger partial charge in [0.1, 0.15) is 18.1 Å². The first-order valence-electron chi connectivity index (χ1n) is 8.14. The first kappa shape index (κ1) is 15.8. The van der Waals surface area contributed by atoms with Crippen LogP contribution in [-0.4, -0.2) is 33.7 Å². The van der Waals surface area contributed by atoms with Gasteiger partial charge in [0.05, 0.1) is 18.4 Å². The predicted octanol–water partition coefficient (Wildman–Crippen LogP) is 2.71. The van der Waals surface area contributed by atoms with Crippen LogP contribution in [0.5, 0.6) is 0 Å². The van der Waals surface area contributed by atoms with E-state index in [0.29, 0.717) is 17.9 Å². The van der Waals surface area contributed by atoms with Gasteiger partial charge in [-0.25, -0.2) is 0 Å². The molecular weight excluding hydrogens is 296 g/mol. The van der Waals surface area contributed by atoms with Crippen LogP contribution in [0.1, 0.15) is 49.7 Å². The maximum Gasteiger partial charge on any atom is 0.228 e. The second-order valence-corrected chi connectivity index (χ2v) is 6.02. The molecule has 3 heterocycles. The fourth-order valence-corrected chi connectivity index (χ4v) is 3.19. The fourth-order valence-electron chi connectivity index (χ4n) is 3.19. The monoisotopic (exact) mass is 318 g/mol. The van der Waals surface area contributed by atoms with Crippen molar-refractivity contribution in [2.75, 3.05) is 6.54 Å². The molecule has 1 amide bonds. The number of aliphatic hydroxyl groups is 1. The van der Waals surface area contributed by atoms with Crippen molar-refractivity contribution in [2.24, 2.45) is 0 Å². The summed E-state index contributed by atoms with van der Waals surface area (Å²) < 4.78 is 10.1. The number of rotatable bonds is 5. The average molecular weight is 318 g/mol. The fraction of sp³-hybridized carbons (Fsp3) is 0.529. The topological polar surface area (TPSA) is 79.7 Å². The molecule has 6 nitrogen and oxygen atoms in total. The van der Waals surface area contributed by atoms with Crippen LogP contribution >= 0.6 is 0 Å². The molecule has 0 unspecified atom stereocenters. The first-order valence-corrected chi connectivity index (χ1v) is 8.14. The Kier molecular flexibility index (Phi) is 5.12. The minimum atomic E-state index is -0.685. The van der Waals surface area contributed by atoms with Crippen LogP contribution in [0, 0.1) is 0 Å². The summed E-state index contributed by atoms with van der Waals surface area (Å²) in [6.45, 7) is 0.728. The van der Waals surface area contributed by atoms with E-state index in [1.54, 1.807) is 24.5 Å². The molecule has 3 rings (SSSR count). The molecule has 0 radical (unpaired) electrons. The Balaban J connectivity index is 1.68. The molecule has 0 aliphatic carbocycles. The lowest BCUT2D eigenvalue weighted by molar-refractivity contribution is -0.133. The molecule has 1 N–H and O–H groups in total. The highest BCUT2D eigenvalue weighted by molar-refractivity contribution is 5.78. The van der Waals surface area contributed by atoms with Crippen molar-refractivity contribution in [3.05, 3.63) is 42.2 Å². The van der Waals surface area contributed by atoms with Crippen LogP contribution in [0.15, 0.2) is 39.7 Å². The highest BCUT2D eigenvalue weighted by atomic mass is 16.5. The SMILES string of the molecule is O=C(Cc1ccon1)N1CCCCC[C@@H]1C[C@H](O)c1ccco1. The molecule has 0 aromatic carbocycles. The Morgan fingerprint density at radius 2 is 2.26 bits per heavy atom. The van der Waals surface area contributed by atoms with Crippen molar-refractivity contribution in [2.45, 2.75) is 50.7 Å². The van der Waals surface area contributed by atoms with E-state index in [1.807, 2.05) is 4.90 Å². The van der Waals surface area contributed by atoms with Gasteiger partial charge in [-0.05, 0) is 25.0 Å². The van der Waals surface area contributed by atoms with E-state index in [1.165, 1.54) is 6.26 Å². The summed E-state index contributed by atoms with van der Waals surface area (Å²) in [5, 5.41) is 14.2. The Labute approximate surface area is 135 Å². The predicted molar refractivity (Wildman–Crippen MR) is 82.5 cm³/mol. The Morgan fingerprint density at radius 1 is 1.35 bits per heavy atom. The molecule has 1 aliphatic rings. The van der Waals surface area contributed by atoms with E-state index in [4.69, 9.17) is 8.94 Å². The molecule has 23 heavy (non-hydrogen) atoms. The normalized spacial score (nSPS) is 20.2. The molecule has 6 heteroatoms. The molecule has 2 aromatic rings. The van der Waals surface area contributed by atoms with Gasteiger partial charge in [-0.15, -0.1) is 0 Å². The van der Waals surface area contributed by atoms with Gasteiger partial charge in [0.2, 0.25) is 5.91 Å². The van der Waals surface area contributed by atoms with Crippen molar-refractivity contribution in [3.63, 3.8) is 0 Å². The van der Waals surface area contributed by atoms with Gasteiger partial charge in [0.25, 0.3) is 0 Å². The van der Waals surface area contributed by atoms with Gasteiger partial charge in [0.15, 0.2) is 0 Å². The van der Waals surface area contributed by atoms with Crippen molar-refractivity contribution in [1.82, 2.24) is 10.1 Å². The Morgan fingerprint density at radius 3 is 3.00 bits per heavy atom.